The maximum absolute atomic E-state index is 12.1. The Labute approximate surface area is 151 Å². The monoisotopic (exact) mass is 374 g/mol. The lowest BCUT2D eigenvalue weighted by molar-refractivity contribution is -0.0499. The molecular formula is C18H24F2O6. The van der Waals surface area contributed by atoms with Crippen LogP contribution in [0.1, 0.15) is 39.0 Å². The van der Waals surface area contributed by atoms with Crippen LogP contribution in [-0.4, -0.2) is 38.4 Å². The van der Waals surface area contributed by atoms with Gasteiger partial charge in [0.25, 0.3) is 0 Å². The smallest absolute Gasteiger partial charge is 0.494 e. The Morgan fingerprint density at radius 3 is 2.42 bits per heavy atom. The van der Waals surface area contributed by atoms with Gasteiger partial charge in [-0.2, -0.15) is 8.78 Å². The van der Waals surface area contributed by atoms with Gasteiger partial charge < -0.3 is 23.7 Å². The Bertz CT molecular complexity index is 545. The number of rotatable bonds is 12. The second-order valence-corrected chi connectivity index (χ2v) is 5.85. The van der Waals surface area contributed by atoms with Crippen molar-refractivity contribution in [3.05, 3.63) is 24.3 Å². The van der Waals surface area contributed by atoms with Crippen LogP contribution in [0, 0.1) is 0 Å². The van der Waals surface area contributed by atoms with Crippen LogP contribution in [0.15, 0.2) is 24.3 Å². The summed E-state index contributed by atoms with van der Waals surface area (Å²) in [5.41, 5.74) is 0. The van der Waals surface area contributed by atoms with Crippen molar-refractivity contribution in [2.75, 3.05) is 19.8 Å². The van der Waals surface area contributed by atoms with E-state index in [4.69, 9.17) is 18.9 Å². The minimum Gasteiger partial charge on any atom is -0.494 e. The van der Waals surface area contributed by atoms with Crippen molar-refractivity contribution in [1.29, 1.82) is 0 Å². The summed E-state index contributed by atoms with van der Waals surface area (Å²) >= 11 is 0. The average Bonchev–Trinajstić information content (AvgIpc) is 3.34. The normalized spacial score (nSPS) is 18.5. The Morgan fingerprint density at radius 1 is 1.15 bits per heavy atom. The summed E-state index contributed by atoms with van der Waals surface area (Å²) in [7, 11) is 0. The van der Waals surface area contributed by atoms with Gasteiger partial charge in [0.15, 0.2) is 0 Å². The summed E-state index contributed by atoms with van der Waals surface area (Å²) in [6, 6.07) is 6.08. The molecule has 1 atom stereocenters. The summed E-state index contributed by atoms with van der Waals surface area (Å²) in [5, 5.41) is 0. The molecule has 1 fully saturated rings. The molecule has 1 aromatic carbocycles. The topological polar surface area (TPSA) is 66.5 Å². The zero-order valence-electron chi connectivity index (χ0n) is 14.7. The van der Waals surface area contributed by atoms with Gasteiger partial charge in [-0.1, -0.05) is 12.8 Å². The zero-order chi connectivity index (χ0) is 18.8. The van der Waals surface area contributed by atoms with Gasteiger partial charge in [0.1, 0.15) is 18.1 Å². The van der Waals surface area contributed by atoms with Crippen molar-refractivity contribution in [3.63, 3.8) is 0 Å². The van der Waals surface area contributed by atoms with E-state index in [0.717, 1.165) is 25.7 Å². The number of benzene rings is 1. The molecule has 146 valence electrons. The third kappa shape index (κ3) is 7.43. The molecule has 1 aromatic rings. The van der Waals surface area contributed by atoms with Crippen LogP contribution >= 0.6 is 0 Å². The van der Waals surface area contributed by atoms with Crippen LogP contribution in [0.2, 0.25) is 0 Å². The molecule has 1 saturated heterocycles. The first kappa shape index (κ1) is 20.2. The van der Waals surface area contributed by atoms with Gasteiger partial charge >= 0.3 is 12.8 Å². The van der Waals surface area contributed by atoms with Crippen molar-refractivity contribution in [2.45, 2.75) is 51.4 Å². The molecule has 0 bridgehead atoms. The van der Waals surface area contributed by atoms with Crippen LogP contribution in [0.4, 0.5) is 13.6 Å². The third-order valence-electron chi connectivity index (χ3n) is 3.77. The van der Waals surface area contributed by atoms with Crippen LogP contribution in [0.5, 0.6) is 11.5 Å². The molecule has 2 rings (SSSR count). The lowest BCUT2D eigenvalue weighted by Gasteiger charge is -2.12. The number of hydrogen-bond acceptors (Lipinski definition) is 6. The van der Waals surface area contributed by atoms with Crippen molar-refractivity contribution < 1.29 is 37.3 Å². The fourth-order valence-corrected chi connectivity index (χ4v) is 2.39. The highest BCUT2D eigenvalue weighted by molar-refractivity contribution is 5.60. The second kappa shape index (κ2) is 10.2. The van der Waals surface area contributed by atoms with Gasteiger partial charge in [0.05, 0.1) is 13.2 Å². The van der Waals surface area contributed by atoms with E-state index >= 15 is 0 Å². The van der Waals surface area contributed by atoms with E-state index in [9.17, 15) is 13.6 Å². The predicted octanol–water partition coefficient (Wildman–Crippen LogP) is 4.52. The molecule has 1 aliphatic heterocycles. The second-order valence-electron chi connectivity index (χ2n) is 5.85. The number of epoxide rings is 1. The highest BCUT2D eigenvalue weighted by Crippen LogP contribution is 2.34. The highest BCUT2D eigenvalue weighted by Gasteiger charge is 2.49. The molecule has 0 radical (unpaired) electrons. The summed E-state index contributed by atoms with van der Waals surface area (Å²) < 4.78 is 49.0. The third-order valence-corrected chi connectivity index (χ3v) is 3.77. The van der Waals surface area contributed by atoms with Crippen LogP contribution in [0.3, 0.4) is 0 Å². The van der Waals surface area contributed by atoms with Crippen molar-refractivity contribution in [2.24, 2.45) is 0 Å². The molecule has 1 heterocycles. The first-order valence-electron chi connectivity index (χ1n) is 8.70. The van der Waals surface area contributed by atoms with Crippen molar-refractivity contribution >= 4 is 6.16 Å². The lowest BCUT2D eigenvalue weighted by Crippen LogP contribution is -2.22. The summed E-state index contributed by atoms with van der Waals surface area (Å²) in [6.45, 7) is 0.118. The molecule has 6 nitrogen and oxygen atoms in total. The van der Waals surface area contributed by atoms with Crippen LogP contribution in [-0.2, 0) is 14.2 Å². The Balaban J connectivity index is 1.51. The number of carbonyl (C=O) groups excluding carboxylic acids is 1. The Hall–Kier alpha value is -2.09. The van der Waals surface area contributed by atoms with Crippen LogP contribution in [0.25, 0.3) is 0 Å². The van der Waals surface area contributed by atoms with E-state index in [1.54, 1.807) is 19.1 Å². The Morgan fingerprint density at radius 2 is 1.81 bits per heavy atom. The fourth-order valence-electron chi connectivity index (χ4n) is 2.39. The van der Waals surface area contributed by atoms with Gasteiger partial charge in [-0.25, -0.2) is 4.79 Å². The largest absolute Gasteiger partial charge is 0.510 e. The van der Waals surface area contributed by atoms with E-state index < -0.39 is 18.6 Å². The van der Waals surface area contributed by atoms with Gasteiger partial charge in [0.2, 0.25) is 5.79 Å². The quantitative estimate of drug-likeness (QED) is 0.304. The van der Waals surface area contributed by atoms with E-state index in [2.05, 4.69) is 4.74 Å². The molecule has 0 aromatic heterocycles. The molecule has 0 spiro atoms. The first-order chi connectivity index (χ1) is 12.5. The highest BCUT2D eigenvalue weighted by atomic mass is 19.3. The lowest BCUT2D eigenvalue weighted by atomic mass is 10.1. The van der Waals surface area contributed by atoms with Gasteiger partial charge in [-0.05, 0) is 44.0 Å². The van der Waals surface area contributed by atoms with Gasteiger partial charge in [0, 0.05) is 6.42 Å². The fraction of sp³-hybridized carbons (Fsp3) is 0.611. The molecule has 8 heteroatoms. The average molecular weight is 374 g/mol. The number of carbonyl (C=O) groups is 1. The summed E-state index contributed by atoms with van der Waals surface area (Å²) in [5.74, 6) is -0.0708. The van der Waals surface area contributed by atoms with Gasteiger partial charge in [-0.15, -0.1) is 0 Å². The first-order valence-corrected chi connectivity index (χ1v) is 8.70. The molecule has 0 saturated carbocycles. The van der Waals surface area contributed by atoms with E-state index in [-0.39, 0.29) is 12.4 Å². The Kier molecular flexibility index (Phi) is 7.90. The number of alkyl halides is 2. The minimum absolute atomic E-state index is 0.105. The van der Waals surface area contributed by atoms with Crippen LogP contribution < -0.4 is 9.47 Å². The summed E-state index contributed by atoms with van der Waals surface area (Å²) in [4.78, 5) is 11.3. The minimum atomic E-state index is -2.83. The zero-order valence-corrected chi connectivity index (χ0v) is 14.7. The molecule has 0 amide bonds. The van der Waals surface area contributed by atoms with E-state index in [0.29, 0.717) is 25.4 Å². The maximum atomic E-state index is 12.1. The number of unbranched alkanes of at least 4 members (excludes halogenated alkanes) is 3. The maximum Gasteiger partial charge on any atom is 0.510 e. The molecule has 26 heavy (non-hydrogen) atoms. The van der Waals surface area contributed by atoms with Gasteiger partial charge in [-0.3, -0.25) is 0 Å². The number of halogens is 2. The number of hydrogen-bond donors (Lipinski definition) is 0. The molecule has 1 unspecified atom stereocenters. The van der Waals surface area contributed by atoms with Crippen molar-refractivity contribution in [1.82, 2.24) is 0 Å². The predicted molar refractivity (Wildman–Crippen MR) is 88.4 cm³/mol. The van der Waals surface area contributed by atoms with E-state index in [1.165, 1.54) is 12.1 Å². The SMILES string of the molecule is CCOC(=O)OC1(CCCCCCOc2ccc(OC(F)F)cc2)CO1. The molecule has 1 aliphatic rings. The molecule has 0 aliphatic carbocycles. The number of ether oxygens (including phenoxy) is 5. The standard InChI is InChI=1S/C18H24F2O6/c1-2-22-17(21)26-18(13-24-18)11-5-3-4-6-12-23-14-7-9-15(10-8-14)25-16(19)20/h7-10,16H,2-6,11-13H2,1H3. The summed E-state index contributed by atoms with van der Waals surface area (Å²) in [6.07, 6.45) is 3.62. The van der Waals surface area contributed by atoms with E-state index in [1.807, 2.05) is 0 Å². The molecule has 0 N–H and O–H groups in total. The molecular weight excluding hydrogens is 350 g/mol. The van der Waals surface area contributed by atoms with Crippen molar-refractivity contribution in [3.8, 4) is 11.5 Å².